The number of hydrogen-bond donors (Lipinski definition) is 1. The van der Waals surface area contributed by atoms with Crippen molar-refractivity contribution in [1.29, 1.82) is 0 Å². The number of aromatic nitrogens is 5. The van der Waals surface area contributed by atoms with Crippen molar-refractivity contribution in [3.63, 3.8) is 0 Å². The van der Waals surface area contributed by atoms with Crippen LogP contribution in [-0.2, 0) is 0 Å². The molecule has 3 rings (SSSR count). The molecule has 0 aliphatic rings. The molecule has 6 nitrogen and oxygen atoms in total. The van der Waals surface area contributed by atoms with Gasteiger partial charge in [0.25, 0.3) is 5.95 Å². The first kappa shape index (κ1) is 14.2. The van der Waals surface area contributed by atoms with Crippen LogP contribution in [-0.4, -0.2) is 24.7 Å². The van der Waals surface area contributed by atoms with Crippen LogP contribution >= 0.6 is 39.1 Å². The average Bonchev–Trinajstić information content (AvgIpc) is 2.97. The van der Waals surface area contributed by atoms with Crippen LogP contribution in [0.5, 0.6) is 0 Å². The molecule has 1 aromatic carbocycles. The molecule has 0 spiro atoms. The first-order valence-corrected chi connectivity index (χ1v) is 7.31. The van der Waals surface area contributed by atoms with Gasteiger partial charge < -0.3 is 5.32 Å². The largest absolute Gasteiger partial charge is 0.323 e. The molecule has 2 aromatic heterocycles. The molecule has 0 aliphatic heterocycles. The summed E-state index contributed by atoms with van der Waals surface area (Å²) in [6.45, 7) is 0. The fourth-order valence-corrected chi connectivity index (χ4v) is 2.30. The Morgan fingerprint density at radius 3 is 2.71 bits per heavy atom. The van der Waals surface area contributed by atoms with Crippen LogP contribution < -0.4 is 5.32 Å². The van der Waals surface area contributed by atoms with E-state index >= 15 is 0 Å². The van der Waals surface area contributed by atoms with Gasteiger partial charge in [0.1, 0.15) is 0 Å². The Morgan fingerprint density at radius 2 is 1.95 bits per heavy atom. The minimum Gasteiger partial charge on any atom is -0.323 e. The van der Waals surface area contributed by atoms with E-state index in [-0.39, 0.29) is 5.28 Å². The molecular formula is C12H7BrCl2N6. The van der Waals surface area contributed by atoms with E-state index in [4.69, 9.17) is 23.2 Å². The number of nitrogens with one attached hydrogen (secondary N) is 1. The number of benzene rings is 1. The van der Waals surface area contributed by atoms with Gasteiger partial charge in [-0.15, -0.1) is 0 Å². The lowest BCUT2D eigenvalue weighted by Crippen LogP contribution is -2.07. The summed E-state index contributed by atoms with van der Waals surface area (Å²) in [5, 5.41) is 7.73. The SMILES string of the molecule is Clc1nc(Nc2cccc(Cl)c2Br)nc(-n2cccn2)n1. The smallest absolute Gasteiger partial charge is 0.256 e. The van der Waals surface area contributed by atoms with Crippen molar-refractivity contribution in [2.45, 2.75) is 0 Å². The summed E-state index contributed by atoms with van der Waals surface area (Å²) in [4.78, 5) is 12.3. The van der Waals surface area contributed by atoms with Crippen molar-refractivity contribution in [3.8, 4) is 5.95 Å². The van der Waals surface area contributed by atoms with E-state index in [0.717, 1.165) is 5.69 Å². The Bertz CT molecular complexity index is 777. The van der Waals surface area contributed by atoms with E-state index in [1.165, 1.54) is 4.68 Å². The van der Waals surface area contributed by atoms with Crippen LogP contribution in [0.3, 0.4) is 0 Å². The minimum absolute atomic E-state index is 0.0659. The van der Waals surface area contributed by atoms with Crippen LogP contribution in [0.4, 0.5) is 11.6 Å². The van der Waals surface area contributed by atoms with Crippen molar-refractivity contribution in [3.05, 3.63) is 51.4 Å². The first-order chi connectivity index (χ1) is 10.1. The summed E-state index contributed by atoms with van der Waals surface area (Å²) >= 11 is 15.4. The van der Waals surface area contributed by atoms with Gasteiger partial charge in [0.15, 0.2) is 0 Å². The molecule has 1 N–H and O–H groups in total. The van der Waals surface area contributed by atoms with Gasteiger partial charge in [-0.25, -0.2) is 4.68 Å². The predicted molar refractivity (Wildman–Crippen MR) is 84.4 cm³/mol. The molecule has 0 atom stereocenters. The summed E-state index contributed by atoms with van der Waals surface area (Å²) < 4.78 is 2.20. The Labute approximate surface area is 138 Å². The molecule has 0 amide bonds. The second-order valence-corrected chi connectivity index (χ2v) is 5.44. The van der Waals surface area contributed by atoms with E-state index in [1.54, 1.807) is 24.5 Å². The first-order valence-electron chi connectivity index (χ1n) is 5.76. The van der Waals surface area contributed by atoms with Crippen molar-refractivity contribution >= 4 is 50.8 Å². The maximum atomic E-state index is 6.04. The third kappa shape index (κ3) is 3.15. The van der Waals surface area contributed by atoms with Crippen LogP contribution in [0.1, 0.15) is 0 Å². The monoisotopic (exact) mass is 384 g/mol. The van der Waals surface area contributed by atoms with E-state index in [1.807, 2.05) is 12.1 Å². The third-order valence-electron chi connectivity index (χ3n) is 2.50. The zero-order valence-electron chi connectivity index (χ0n) is 10.3. The molecule has 2 heterocycles. The van der Waals surface area contributed by atoms with Gasteiger partial charge in [-0.2, -0.15) is 20.1 Å². The highest BCUT2D eigenvalue weighted by Crippen LogP contribution is 2.31. The molecule has 0 unspecified atom stereocenters. The Kier molecular flexibility index (Phi) is 4.05. The topological polar surface area (TPSA) is 68.5 Å². The van der Waals surface area contributed by atoms with Crippen molar-refractivity contribution in [2.75, 3.05) is 5.32 Å². The highest BCUT2D eigenvalue weighted by atomic mass is 79.9. The maximum absolute atomic E-state index is 6.04. The molecule has 21 heavy (non-hydrogen) atoms. The van der Waals surface area contributed by atoms with Crippen molar-refractivity contribution < 1.29 is 0 Å². The van der Waals surface area contributed by atoms with Gasteiger partial charge in [0, 0.05) is 12.4 Å². The fourth-order valence-electron chi connectivity index (χ4n) is 1.61. The number of anilines is 2. The lowest BCUT2D eigenvalue weighted by molar-refractivity contribution is 0.798. The van der Waals surface area contributed by atoms with Gasteiger partial charge in [-0.05, 0) is 45.7 Å². The Balaban J connectivity index is 1.98. The van der Waals surface area contributed by atoms with E-state index in [2.05, 4.69) is 41.3 Å². The van der Waals surface area contributed by atoms with Crippen molar-refractivity contribution in [1.82, 2.24) is 24.7 Å². The fraction of sp³-hybridized carbons (Fsp3) is 0. The second kappa shape index (κ2) is 5.97. The van der Waals surface area contributed by atoms with Gasteiger partial charge in [0.2, 0.25) is 11.2 Å². The van der Waals surface area contributed by atoms with E-state index in [0.29, 0.717) is 21.4 Å². The molecule has 9 heteroatoms. The standard InChI is InChI=1S/C12H7BrCl2N6/c13-9-7(14)3-1-4-8(9)17-11-18-10(15)19-12(20-11)21-6-2-5-16-21/h1-6H,(H,17,18,19,20). The molecule has 0 saturated heterocycles. The summed E-state index contributed by atoms with van der Waals surface area (Å²) in [6, 6.07) is 7.18. The highest BCUT2D eigenvalue weighted by Gasteiger charge is 2.10. The van der Waals surface area contributed by atoms with Gasteiger partial charge in [0.05, 0.1) is 15.2 Å². The third-order valence-corrected chi connectivity index (χ3v) is 4.07. The number of rotatable bonds is 3. The molecule has 0 bridgehead atoms. The number of halogens is 3. The maximum Gasteiger partial charge on any atom is 0.256 e. The van der Waals surface area contributed by atoms with Gasteiger partial charge in [-0.1, -0.05) is 17.7 Å². The number of hydrogen-bond acceptors (Lipinski definition) is 5. The Hall–Kier alpha value is -1.70. The van der Waals surface area contributed by atoms with E-state index < -0.39 is 0 Å². The summed E-state index contributed by atoms with van der Waals surface area (Å²) in [5.41, 5.74) is 0.719. The molecule has 106 valence electrons. The zero-order valence-corrected chi connectivity index (χ0v) is 13.4. The molecule has 0 fully saturated rings. The van der Waals surface area contributed by atoms with Crippen LogP contribution in [0.25, 0.3) is 5.95 Å². The minimum atomic E-state index is 0.0659. The Morgan fingerprint density at radius 1 is 1.10 bits per heavy atom. The summed E-state index contributed by atoms with van der Waals surface area (Å²) in [6.07, 6.45) is 3.34. The molecule has 0 saturated carbocycles. The molecule has 0 aliphatic carbocycles. The quantitative estimate of drug-likeness (QED) is 0.741. The van der Waals surface area contributed by atoms with Crippen LogP contribution in [0.15, 0.2) is 41.1 Å². The zero-order chi connectivity index (χ0) is 14.8. The van der Waals surface area contributed by atoms with Gasteiger partial charge >= 0.3 is 0 Å². The second-order valence-electron chi connectivity index (χ2n) is 3.91. The normalized spacial score (nSPS) is 10.6. The summed E-state index contributed by atoms with van der Waals surface area (Å²) in [5.74, 6) is 0.615. The molecule has 3 aromatic rings. The average molecular weight is 386 g/mol. The lowest BCUT2D eigenvalue weighted by atomic mass is 10.3. The highest BCUT2D eigenvalue weighted by molar-refractivity contribution is 9.10. The molecule has 0 radical (unpaired) electrons. The lowest BCUT2D eigenvalue weighted by Gasteiger charge is -2.09. The predicted octanol–water partition coefficient (Wildman–Crippen LogP) is 3.87. The van der Waals surface area contributed by atoms with Crippen molar-refractivity contribution in [2.24, 2.45) is 0 Å². The van der Waals surface area contributed by atoms with E-state index in [9.17, 15) is 0 Å². The van der Waals surface area contributed by atoms with Gasteiger partial charge in [-0.3, -0.25) is 0 Å². The summed E-state index contributed by atoms with van der Waals surface area (Å²) in [7, 11) is 0. The molecular weight excluding hydrogens is 379 g/mol. The number of nitrogens with zero attached hydrogens (tertiary/aromatic N) is 5. The van der Waals surface area contributed by atoms with Crippen LogP contribution in [0, 0.1) is 0 Å². The van der Waals surface area contributed by atoms with Crippen LogP contribution in [0.2, 0.25) is 10.3 Å².